The summed E-state index contributed by atoms with van der Waals surface area (Å²) in [4.78, 5) is 33.2. The second-order valence-corrected chi connectivity index (χ2v) is 8.92. The van der Waals surface area contributed by atoms with E-state index < -0.39 is 22.5 Å². The highest BCUT2D eigenvalue weighted by molar-refractivity contribution is 7.84. The average molecular weight is 508 g/mol. The molecule has 9 nitrogen and oxygen atoms in total. The van der Waals surface area contributed by atoms with Gasteiger partial charge in [-0.2, -0.15) is 0 Å². The molecule has 36 heavy (non-hydrogen) atoms. The van der Waals surface area contributed by atoms with E-state index in [0.717, 1.165) is 0 Å². The van der Waals surface area contributed by atoms with E-state index in [0.29, 0.717) is 28.4 Å². The van der Waals surface area contributed by atoms with Crippen LogP contribution >= 0.6 is 0 Å². The number of aromatic nitrogens is 3. The van der Waals surface area contributed by atoms with Crippen LogP contribution in [0.3, 0.4) is 0 Å². The predicted octanol–water partition coefficient (Wildman–Crippen LogP) is 3.76. The van der Waals surface area contributed by atoms with E-state index >= 15 is 0 Å². The Bertz CT molecular complexity index is 1450. The molecular formula is C25H22FN5O4S. The Morgan fingerprint density at radius 1 is 1.00 bits per heavy atom. The molecule has 2 heterocycles. The van der Waals surface area contributed by atoms with Crippen molar-refractivity contribution in [2.75, 3.05) is 18.6 Å². The van der Waals surface area contributed by atoms with Gasteiger partial charge in [0.15, 0.2) is 10.9 Å². The van der Waals surface area contributed by atoms with Crippen molar-refractivity contribution in [1.82, 2.24) is 19.9 Å². The van der Waals surface area contributed by atoms with Crippen LogP contribution in [0.2, 0.25) is 0 Å². The second-order valence-electron chi connectivity index (χ2n) is 7.65. The maximum atomic E-state index is 13.4. The molecule has 0 saturated carbocycles. The average Bonchev–Trinajstić information content (AvgIpc) is 3.23. The minimum atomic E-state index is -1.45. The fourth-order valence-corrected chi connectivity index (χ4v) is 4.19. The van der Waals surface area contributed by atoms with Gasteiger partial charge in [0.25, 0.3) is 11.8 Å². The highest BCUT2D eigenvalue weighted by Crippen LogP contribution is 2.28. The first-order valence-electron chi connectivity index (χ1n) is 10.7. The van der Waals surface area contributed by atoms with Gasteiger partial charge >= 0.3 is 0 Å². The van der Waals surface area contributed by atoms with Gasteiger partial charge in [-0.3, -0.25) is 18.8 Å². The standard InChI is InChI=1S/C25H22FN5O4S/c1-27-23(32)20-14-19(12-13-28-20)35-18-10-8-17(9-11-18)29-24(33)21-22(15-4-6-16(26)7-5-15)31(2)25(30-21)36(3)34/h4-14H,1-3H3,(H,27,32)(H,29,33). The lowest BCUT2D eigenvalue weighted by molar-refractivity contribution is 0.0957. The number of hydrogen-bond acceptors (Lipinski definition) is 6. The molecule has 0 bridgehead atoms. The second kappa shape index (κ2) is 10.5. The molecule has 4 aromatic rings. The molecule has 0 fully saturated rings. The van der Waals surface area contributed by atoms with E-state index in [1.807, 2.05) is 0 Å². The summed E-state index contributed by atoms with van der Waals surface area (Å²) >= 11 is 0. The number of nitrogens with one attached hydrogen (secondary N) is 2. The lowest BCUT2D eigenvalue weighted by Gasteiger charge is -2.10. The van der Waals surface area contributed by atoms with Crippen LogP contribution in [0.25, 0.3) is 11.3 Å². The minimum Gasteiger partial charge on any atom is -0.457 e. The van der Waals surface area contributed by atoms with Crippen LogP contribution < -0.4 is 15.4 Å². The summed E-state index contributed by atoms with van der Waals surface area (Å²) in [5.74, 6) is -0.346. The Balaban J connectivity index is 1.55. The zero-order chi connectivity index (χ0) is 25.8. The molecule has 0 saturated heterocycles. The third kappa shape index (κ3) is 5.31. The Hall–Kier alpha value is -4.38. The van der Waals surface area contributed by atoms with Crippen molar-refractivity contribution in [3.8, 4) is 22.8 Å². The summed E-state index contributed by atoms with van der Waals surface area (Å²) in [5, 5.41) is 5.50. The van der Waals surface area contributed by atoms with Gasteiger partial charge in [-0.1, -0.05) is 0 Å². The van der Waals surface area contributed by atoms with Gasteiger partial charge in [0.05, 0.1) is 16.5 Å². The first kappa shape index (κ1) is 24.7. The van der Waals surface area contributed by atoms with Crippen molar-refractivity contribution >= 4 is 28.3 Å². The Morgan fingerprint density at radius 3 is 2.33 bits per heavy atom. The molecule has 2 aromatic carbocycles. The Morgan fingerprint density at radius 2 is 1.69 bits per heavy atom. The number of nitrogens with zero attached hydrogens (tertiary/aromatic N) is 3. The van der Waals surface area contributed by atoms with E-state index in [4.69, 9.17) is 4.74 Å². The number of rotatable bonds is 7. The van der Waals surface area contributed by atoms with Crippen LogP contribution in [0, 0.1) is 5.82 Å². The number of hydrogen-bond donors (Lipinski definition) is 2. The molecule has 1 atom stereocenters. The van der Waals surface area contributed by atoms with Crippen molar-refractivity contribution in [3.63, 3.8) is 0 Å². The number of halogens is 1. The smallest absolute Gasteiger partial charge is 0.276 e. The number of amides is 2. The highest BCUT2D eigenvalue weighted by atomic mass is 32.2. The lowest BCUT2D eigenvalue weighted by atomic mass is 10.1. The summed E-state index contributed by atoms with van der Waals surface area (Å²) in [6, 6.07) is 15.4. The van der Waals surface area contributed by atoms with Gasteiger partial charge in [0.2, 0.25) is 0 Å². The molecule has 0 radical (unpaired) electrons. The zero-order valence-electron chi connectivity index (χ0n) is 19.6. The molecule has 0 aliphatic rings. The molecule has 2 N–H and O–H groups in total. The molecule has 2 amide bonds. The van der Waals surface area contributed by atoms with Gasteiger partial charge in [0.1, 0.15) is 23.0 Å². The summed E-state index contributed by atoms with van der Waals surface area (Å²) in [7, 11) is 1.72. The van der Waals surface area contributed by atoms with Gasteiger partial charge in [-0.15, -0.1) is 0 Å². The van der Waals surface area contributed by atoms with Crippen LogP contribution in [0.15, 0.2) is 72.0 Å². The first-order chi connectivity index (χ1) is 17.3. The van der Waals surface area contributed by atoms with E-state index in [9.17, 15) is 18.2 Å². The predicted molar refractivity (Wildman–Crippen MR) is 133 cm³/mol. The summed E-state index contributed by atoms with van der Waals surface area (Å²) in [5.41, 5.74) is 1.74. The van der Waals surface area contributed by atoms with E-state index in [-0.39, 0.29) is 22.5 Å². The number of ether oxygens (including phenoxy) is 1. The quantitative estimate of drug-likeness (QED) is 0.394. The number of imidazole rings is 1. The fourth-order valence-electron chi connectivity index (χ4n) is 3.49. The molecular weight excluding hydrogens is 485 g/mol. The Labute approximate surface area is 208 Å². The van der Waals surface area contributed by atoms with Crippen molar-refractivity contribution in [3.05, 3.63) is 84.1 Å². The van der Waals surface area contributed by atoms with Crippen molar-refractivity contribution in [2.45, 2.75) is 5.16 Å². The highest BCUT2D eigenvalue weighted by Gasteiger charge is 2.24. The van der Waals surface area contributed by atoms with Crippen molar-refractivity contribution < 1.29 is 22.9 Å². The molecule has 0 aliphatic heterocycles. The van der Waals surface area contributed by atoms with E-state index in [1.54, 1.807) is 41.9 Å². The number of carbonyl (C=O) groups is 2. The molecule has 1 unspecified atom stereocenters. The van der Waals surface area contributed by atoms with E-state index in [1.165, 1.54) is 49.8 Å². The molecule has 0 aliphatic carbocycles. The van der Waals surface area contributed by atoms with Crippen LogP contribution in [0.1, 0.15) is 21.0 Å². The third-order valence-electron chi connectivity index (χ3n) is 5.18. The fraction of sp³-hybridized carbons (Fsp3) is 0.120. The monoisotopic (exact) mass is 507 g/mol. The van der Waals surface area contributed by atoms with Crippen LogP contribution in [-0.2, 0) is 17.8 Å². The molecule has 184 valence electrons. The van der Waals surface area contributed by atoms with Gasteiger partial charge in [0, 0.05) is 43.9 Å². The number of anilines is 1. The van der Waals surface area contributed by atoms with Gasteiger partial charge in [-0.25, -0.2) is 9.37 Å². The van der Waals surface area contributed by atoms with Crippen molar-refractivity contribution in [1.29, 1.82) is 0 Å². The number of pyridine rings is 1. The third-order valence-corrected chi connectivity index (χ3v) is 6.06. The SMILES string of the molecule is CNC(=O)c1cc(Oc2ccc(NC(=O)c3nc(S(C)=O)n(C)c3-c3ccc(F)cc3)cc2)ccn1. The van der Waals surface area contributed by atoms with Gasteiger partial charge < -0.3 is 19.9 Å². The van der Waals surface area contributed by atoms with Gasteiger partial charge in [-0.05, 0) is 54.6 Å². The summed E-state index contributed by atoms with van der Waals surface area (Å²) < 4.78 is 32.9. The van der Waals surface area contributed by atoms with Crippen LogP contribution in [0.4, 0.5) is 10.1 Å². The lowest BCUT2D eigenvalue weighted by Crippen LogP contribution is -2.18. The number of carbonyl (C=O) groups excluding carboxylic acids is 2. The first-order valence-corrected chi connectivity index (χ1v) is 12.3. The molecule has 0 spiro atoms. The molecule has 4 rings (SSSR count). The maximum absolute atomic E-state index is 13.4. The largest absolute Gasteiger partial charge is 0.457 e. The molecule has 2 aromatic heterocycles. The van der Waals surface area contributed by atoms with Crippen LogP contribution in [0.5, 0.6) is 11.5 Å². The molecule has 11 heteroatoms. The summed E-state index contributed by atoms with van der Waals surface area (Å²) in [6.45, 7) is 0. The van der Waals surface area contributed by atoms with Crippen molar-refractivity contribution in [2.24, 2.45) is 7.05 Å². The summed E-state index contributed by atoms with van der Waals surface area (Å²) in [6.07, 6.45) is 2.94. The normalized spacial score (nSPS) is 11.6. The minimum absolute atomic E-state index is 0.0631. The topological polar surface area (TPSA) is 115 Å². The zero-order valence-corrected chi connectivity index (χ0v) is 20.4. The van der Waals surface area contributed by atoms with Crippen LogP contribution in [-0.4, -0.2) is 43.9 Å². The number of benzene rings is 2. The maximum Gasteiger partial charge on any atom is 0.276 e. The van der Waals surface area contributed by atoms with E-state index in [2.05, 4.69) is 20.6 Å². The Kier molecular flexibility index (Phi) is 7.20.